The van der Waals surface area contributed by atoms with Gasteiger partial charge in [-0.3, -0.25) is 9.59 Å². The molecule has 0 amide bonds. The van der Waals surface area contributed by atoms with Crippen molar-refractivity contribution in [2.45, 2.75) is 6.92 Å². The molecule has 0 aliphatic heterocycles. The number of Topliss-reactive ketones (excluding diaryl/α,β-unsaturated/α-hetero) is 1. The van der Waals surface area contributed by atoms with E-state index >= 15 is 0 Å². The van der Waals surface area contributed by atoms with Crippen LogP contribution in [0.1, 0.15) is 6.92 Å². The fraction of sp³-hybridized carbons (Fsp3) is 0.600. The molecule has 0 radical (unpaired) electrons. The summed E-state index contributed by atoms with van der Waals surface area (Å²) in [5.41, 5.74) is 4.97. The lowest BCUT2D eigenvalue weighted by Gasteiger charge is -2.01. The van der Waals surface area contributed by atoms with Gasteiger partial charge in [-0.1, -0.05) is 0 Å². The summed E-state index contributed by atoms with van der Waals surface area (Å²) in [6, 6.07) is 0. The van der Waals surface area contributed by atoms with E-state index in [0.29, 0.717) is 0 Å². The van der Waals surface area contributed by atoms with E-state index in [0.717, 1.165) is 0 Å². The predicted molar refractivity (Wildman–Crippen MR) is 30.9 cm³/mol. The number of nitrogens with two attached hydrogens (primary N) is 1. The Balaban J connectivity index is 3.99. The second kappa shape index (κ2) is 3.19. The van der Waals surface area contributed by atoms with Crippen LogP contribution in [-0.2, 0) is 9.59 Å². The van der Waals surface area contributed by atoms with Crippen molar-refractivity contribution >= 4 is 11.8 Å². The summed E-state index contributed by atoms with van der Waals surface area (Å²) in [5.74, 6) is -2.57. The third-order valence-corrected chi connectivity index (χ3v) is 1.02. The second-order valence-corrected chi connectivity index (χ2v) is 1.74. The zero-order valence-electron chi connectivity index (χ0n) is 5.13. The van der Waals surface area contributed by atoms with Gasteiger partial charge in [0.05, 0.1) is 0 Å². The van der Waals surface area contributed by atoms with Gasteiger partial charge in [-0.15, -0.1) is 0 Å². The molecule has 0 fully saturated rings. The van der Waals surface area contributed by atoms with E-state index in [-0.39, 0.29) is 6.54 Å². The van der Waals surface area contributed by atoms with E-state index in [2.05, 4.69) is 0 Å². The maximum atomic E-state index is 10.4. The zero-order chi connectivity index (χ0) is 7.44. The van der Waals surface area contributed by atoms with Crippen LogP contribution in [0.5, 0.6) is 0 Å². The molecule has 1 unspecified atom stereocenters. The van der Waals surface area contributed by atoms with Crippen LogP contribution in [0, 0.1) is 5.92 Å². The van der Waals surface area contributed by atoms with Gasteiger partial charge in [-0.25, -0.2) is 0 Å². The van der Waals surface area contributed by atoms with Crippen LogP contribution < -0.4 is 5.73 Å². The highest BCUT2D eigenvalue weighted by atomic mass is 16.4. The lowest BCUT2D eigenvalue weighted by atomic mass is 10.1. The van der Waals surface area contributed by atoms with Gasteiger partial charge in [0.1, 0.15) is 11.7 Å². The molecule has 4 heteroatoms. The monoisotopic (exact) mass is 131 g/mol. The first-order valence-corrected chi connectivity index (χ1v) is 2.53. The van der Waals surface area contributed by atoms with Crippen LogP contribution in [-0.4, -0.2) is 23.4 Å². The van der Waals surface area contributed by atoms with E-state index in [1.54, 1.807) is 0 Å². The molecule has 4 nitrogen and oxygen atoms in total. The number of hydrogen-bond acceptors (Lipinski definition) is 3. The Bertz CT molecular complexity index is 118. The number of carbonyl (C=O) groups is 2. The van der Waals surface area contributed by atoms with Crippen LogP contribution >= 0.6 is 0 Å². The Morgan fingerprint density at radius 1 is 1.67 bits per heavy atom. The molecule has 1 atom stereocenters. The summed E-state index contributed by atoms with van der Waals surface area (Å²) in [6.45, 7) is 1.09. The first kappa shape index (κ1) is 8.10. The van der Waals surface area contributed by atoms with Crippen LogP contribution in [0.3, 0.4) is 0 Å². The van der Waals surface area contributed by atoms with Gasteiger partial charge in [0, 0.05) is 6.54 Å². The highest BCUT2D eigenvalue weighted by Crippen LogP contribution is 1.93. The van der Waals surface area contributed by atoms with Crippen LogP contribution in [0.2, 0.25) is 0 Å². The summed E-state index contributed by atoms with van der Waals surface area (Å²) < 4.78 is 0. The van der Waals surface area contributed by atoms with Crippen molar-refractivity contribution in [3.8, 4) is 0 Å². The van der Waals surface area contributed by atoms with Gasteiger partial charge in [0.25, 0.3) is 0 Å². The molecule has 0 aromatic carbocycles. The summed E-state index contributed by atoms with van der Waals surface area (Å²) >= 11 is 0. The van der Waals surface area contributed by atoms with E-state index in [4.69, 9.17) is 10.8 Å². The van der Waals surface area contributed by atoms with Gasteiger partial charge >= 0.3 is 5.97 Å². The minimum Gasteiger partial charge on any atom is -0.481 e. The van der Waals surface area contributed by atoms with Crippen molar-refractivity contribution < 1.29 is 14.7 Å². The molecule has 9 heavy (non-hydrogen) atoms. The second-order valence-electron chi connectivity index (χ2n) is 1.74. The molecule has 0 saturated carbocycles. The summed E-state index contributed by atoms with van der Waals surface area (Å²) in [6.07, 6.45) is 0. The maximum absolute atomic E-state index is 10.4. The van der Waals surface area contributed by atoms with Crippen LogP contribution in [0.4, 0.5) is 0 Å². The Kier molecular flexibility index (Phi) is 2.87. The number of aliphatic carboxylic acids is 1. The molecule has 0 saturated heterocycles. The summed E-state index contributed by atoms with van der Waals surface area (Å²) in [7, 11) is 0. The third kappa shape index (κ3) is 2.23. The van der Waals surface area contributed by atoms with Crippen molar-refractivity contribution in [3.05, 3.63) is 0 Å². The molecule has 0 aromatic rings. The first-order valence-electron chi connectivity index (χ1n) is 2.53. The lowest BCUT2D eigenvalue weighted by molar-refractivity contribution is -0.145. The topological polar surface area (TPSA) is 80.4 Å². The smallest absolute Gasteiger partial charge is 0.315 e. The number of rotatable bonds is 3. The van der Waals surface area contributed by atoms with Crippen molar-refractivity contribution in [1.82, 2.24) is 0 Å². The van der Waals surface area contributed by atoms with Crippen molar-refractivity contribution in [3.63, 3.8) is 0 Å². The molecular weight excluding hydrogens is 122 g/mol. The number of ketones is 1. The minimum absolute atomic E-state index is 0.120. The van der Waals surface area contributed by atoms with Crippen LogP contribution in [0.15, 0.2) is 0 Å². The molecule has 0 aromatic heterocycles. The van der Waals surface area contributed by atoms with E-state index in [9.17, 15) is 9.59 Å². The lowest BCUT2D eigenvalue weighted by Crippen LogP contribution is -2.29. The van der Waals surface area contributed by atoms with Gasteiger partial charge in [-0.2, -0.15) is 0 Å². The largest absolute Gasteiger partial charge is 0.481 e. The van der Waals surface area contributed by atoms with Crippen LogP contribution in [0.25, 0.3) is 0 Å². The quantitative estimate of drug-likeness (QED) is 0.493. The number of carboxylic acids is 1. The summed E-state index contributed by atoms with van der Waals surface area (Å²) in [4.78, 5) is 20.4. The first-order chi connectivity index (χ1) is 4.09. The molecule has 0 bridgehead atoms. The van der Waals surface area contributed by atoms with Gasteiger partial charge in [-0.05, 0) is 6.92 Å². The van der Waals surface area contributed by atoms with Gasteiger partial charge in [0.2, 0.25) is 0 Å². The van der Waals surface area contributed by atoms with E-state index < -0.39 is 17.7 Å². The third-order valence-electron chi connectivity index (χ3n) is 1.02. The van der Waals surface area contributed by atoms with E-state index in [1.165, 1.54) is 6.92 Å². The minimum atomic E-state index is -1.15. The Labute approximate surface area is 52.7 Å². The highest BCUT2D eigenvalue weighted by molar-refractivity contribution is 5.97. The van der Waals surface area contributed by atoms with Gasteiger partial charge in [0.15, 0.2) is 0 Å². The number of carbonyl (C=O) groups excluding carboxylic acids is 1. The highest BCUT2D eigenvalue weighted by Gasteiger charge is 2.19. The molecule has 0 aliphatic rings. The van der Waals surface area contributed by atoms with Gasteiger partial charge < -0.3 is 10.8 Å². The standard InChI is InChI=1S/C5H9NO3/c1-3(7)4(2-6)5(8)9/h4H,2,6H2,1H3,(H,8,9). The molecule has 52 valence electrons. The summed E-state index contributed by atoms with van der Waals surface area (Å²) in [5, 5.41) is 8.24. The molecule has 0 aliphatic carbocycles. The van der Waals surface area contributed by atoms with E-state index in [1.807, 2.05) is 0 Å². The Hall–Kier alpha value is -0.900. The number of carboxylic acid groups (broad SMARTS) is 1. The zero-order valence-corrected chi connectivity index (χ0v) is 5.13. The predicted octanol–water partition coefficient (Wildman–Crippen LogP) is -0.765. The molecular formula is C5H9NO3. The normalized spacial score (nSPS) is 12.7. The fourth-order valence-electron chi connectivity index (χ4n) is 0.441. The van der Waals surface area contributed by atoms with Crippen molar-refractivity contribution in [2.75, 3.05) is 6.54 Å². The number of hydrogen-bond donors (Lipinski definition) is 2. The SMILES string of the molecule is CC(=O)C(CN)C(=O)O. The Morgan fingerprint density at radius 2 is 2.11 bits per heavy atom. The molecule has 3 N–H and O–H groups in total. The van der Waals surface area contributed by atoms with Crippen molar-refractivity contribution in [1.29, 1.82) is 0 Å². The maximum Gasteiger partial charge on any atom is 0.315 e. The fourth-order valence-corrected chi connectivity index (χ4v) is 0.441. The molecule has 0 spiro atoms. The molecule has 0 heterocycles. The molecule has 0 rings (SSSR count). The van der Waals surface area contributed by atoms with Crippen molar-refractivity contribution in [2.24, 2.45) is 11.7 Å². The average Bonchev–Trinajstić information content (AvgIpc) is 1.64. The Morgan fingerprint density at radius 3 is 2.11 bits per heavy atom. The average molecular weight is 131 g/mol.